The molecule has 0 aliphatic carbocycles. The van der Waals surface area contributed by atoms with E-state index in [1.54, 1.807) is 31.2 Å². The molecule has 4 N–H and O–H groups in total. The highest BCUT2D eigenvalue weighted by Gasteiger charge is 2.33. The Hall–Kier alpha value is -4.05. The fraction of sp³-hybridized carbons (Fsp3) is 0.320. The van der Waals surface area contributed by atoms with Crippen LogP contribution in [0.4, 0.5) is 5.82 Å². The lowest BCUT2D eigenvalue weighted by Crippen LogP contribution is -2.47. The molecular weight excluding hydrogens is 446 g/mol. The Morgan fingerprint density at radius 3 is 2.77 bits per heavy atom. The smallest absolute Gasteiger partial charge is 0.266 e. The summed E-state index contributed by atoms with van der Waals surface area (Å²) in [5.74, 6) is -0.0952. The van der Waals surface area contributed by atoms with Crippen LogP contribution in [0.2, 0.25) is 0 Å². The van der Waals surface area contributed by atoms with Crippen molar-refractivity contribution in [1.82, 2.24) is 29.6 Å². The molecule has 35 heavy (non-hydrogen) atoms. The molecule has 1 fully saturated rings. The number of carbonyl (C=O) groups excluding carboxylic acids is 2. The van der Waals surface area contributed by atoms with E-state index >= 15 is 0 Å². The van der Waals surface area contributed by atoms with Gasteiger partial charge in [0.25, 0.3) is 5.91 Å². The van der Waals surface area contributed by atoms with Crippen molar-refractivity contribution in [2.45, 2.75) is 38.6 Å². The number of nitrogen functional groups attached to an aromatic ring is 1. The van der Waals surface area contributed by atoms with Gasteiger partial charge in [0.05, 0.1) is 17.1 Å². The van der Waals surface area contributed by atoms with Crippen molar-refractivity contribution in [3.05, 3.63) is 42.7 Å². The fourth-order valence-electron chi connectivity index (χ4n) is 4.75. The number of hydrogen-bond donors (Lipinski definition) is 3. The molecule has 1 saturated heterocycles. The zero-order valence-corrected chi connectivity index (χ0v) is 19.4. The molecule has 4 heterocycles. The summed E-state index contributed by atoms with van der Waals surface area (Å²) < 4.78 is 1.26. The third-order valence-corrected chi connectivity index (χ3v) is 6.43. The average Bonchev–Trinajstić information content (AvgIpc) is 3.45. The lowest BCUT2D eigenvalue weighted by atomic mass is 10.0. The van der Waals surface area contributed by atoms with Crippen LogP contribution < -0.4 is 5.73 Å². The summed E-state index contributed by atoms with van der Waals surface area (Å²) in [6.45, 7) is 3.27. The molecule has 0 amide bonds. The second kappa shape index (κ2) is 9.30. The molecule has 10 nitrogen and oxygen atoms in total. The molecule has 10 heteroatoms. The van der Waals surface area contributed by atoms with Crippen molar-refractivity contribution in [2.75, 3.05) is 18.8 Å². The number of aromatic hydroxyl groups is 1. The Morgan fingerprint density at radius 1 is 1.20 bits per heavy atom. The standard InChI is InChI=1S/C25H27N7O3/c1-2-6-16(33)13-20(31-9-4-3-5-10-31)25(35)32-24-21(23(26)27-14-28-24)22(30-32)19-12-15-11-17(34)7-8-18(15)29-19/h2,6-8,11-12,14,20,29,34H,3-5,9-10,13H2,1H3,(H2,26,27,28)/b6-2+. The third kappa shape index (κ3) is 4.28. The molecule has 1 unspecified atom stereocenters. The SMILES string of the molecule is C/C=C/C(=O)CC(C(=O)n1nc(-c2cc3cc(O)ccc3[nH]2)c2c(N)ncnc21)N1CCCCC1. The number of rotatable bonds is 6. The first-order chi connectivity index (χ1) is 17.0. The van der Waals surface area contributed by atoms with Crippen LogP contribution in [-0.2, 0) is 4.79 Å². The van der Waals surface area contributed by atoms with Crippen molar-refractivity contribution in [3.8, 4) is 17.1 Å². The summed E-state index contributed by atoms with van der Waals surface area (Å²) in [5, 5.41) is 15.7. The Balaban J connectivity index is 1.62. The van der Waals surface area contributed by atoms with Crippen LogP contribution in [0.15, 0.2) is 42.7 Å². The Morgan fingerprint density at radius 2 is 2.00 bits per heavy atom. The first-order valence-corrected chi connectivity index (χ1v) is 11.7. The topological polar surface area (TPSA) is 143 Å². The summed E-state index contributed by atoms with van der Waals surface area (Å²) in [5.41, 5.74) is 8.35. The number of aromatic amines is 1. The number of anilines is 1. The molecule has 1 atom stereocenters. The number of allylic oxidation sites excluding steroid dienone is 2. The maximum absolute atomic E-state index is 13.9. The zero-order valence-electron chi connectivity index (χ0n) is 19.4. The van der Waals surface area contributed by atoms with Gasteiger partial charge in [-0.05, 0) is 63.2 Å². The molecule has 3 aromatic heterocycles. The number of nitrogens with one attached hydrogen (secondary N) is 1. The second-order valence-electron chi connectivity index (χ2n) is 8.79. The quantitative estimate of drug-likeness (QED) is 0.362. The van der Waals surface area contributed by atoms with Gasteiger partial charge in [-0.3, -0.25) is 14.5 Å². The normalized spacial score (nSPS) is 15.8. The van der Waals surface area contributed by atoms with Gasteiger partial charge in [-0.1, -0.05) is 12.5 Å². The van der Waals surface area contributed by atoms with Crippen molar-refractivity contribution in [1.29, 1.82) is 0 Å². The number of phenolic OH excluding ortho intramolecular Hbond substituents is 1. The Bertz CT molecular complexity index is 1450. The van der Waals surface area contributed by atoms with E-state index in [2.05, 4.69) is 25.0 Å². The predicted octanol–water partition coefficient (Wildman–Crippen LogP) is 3.29. The van der Waals surface area contributed by atoms with Crippen LogP contribution in [-0.4, -0.2) is 65.6 Å². The molecule has 180 valence electrons. The maximum atomic E-state index is 13.9. The van der Waals surface area contributed by atoms with E-state index in [1.807, 2.05) is 6.07 Å². The minimum atomic E-state index is -0.661. The number of aromatic nitrogens is 5. The van der Waals surface area contributed by atoms with E-state index in [1.165, 1.54) is 17.1 Å². The van der Waals surface area contributed by atoms with Gasteiger partial charge in [0.1, 0.15) is 23.6 Å². The molecule has 0 saturated carbocycles. The van der Waals surface area contributed by atoms with Gasteiger partial charge in [-0.2, -0.15) is 9.78 Å². The number of hydrogen-bond acceptors (Lipinski definition) is 8. The van der Waals surface area contributed by atoms with E-state index in [4.69, 9.17) is 5.73 Å². The molecule has 1 aliphatic heterocycles. The van der Waals surface area contributed by atoms with E-state index in [9.17, 15) is 14.7 Å². The van der Waals surface area contributed by atoms with Crippen LogP contribution >= 0.6 is 0 Å². The number of fused-ring (bicyclic) bond motifs is 2. The van der Waals surface area contributed by atoms with Gasteiger partial charge < -0.3 is 15.8 Å². The minimum absolute atomic E-state index is 0.0616. The number of piperidine rings is 1. The number of benzene rings is 1. The molecule has 1 aromatic carbocycles. The number of H-pyrrole nitrogens is 1. The Labute approximate surface area is 201 Å². The highest BCUT2D eigenvalue weighted by molar-refractivity contribution is 6.05. The number of nitrogens with two attached hydrogens (primary N) is 1. The summed E-state index contributed by atoms with van der Waals surface area (Å²) >= 11 is 0. The molecule has 0 radical (unpaired) electrons. The van der Waals surface area contributed by atoms with Crippen LogP contribution in [0.5, 0.6) is 5.75 Å². The molecule has 0 bridgehead atoms. The van der Waals surface area contributed by atoms with Crippen LogP contribution in [0.1, 0.15) is 37.4 Å². The van der Waals surface area contributed by atoms with Gasteiger partial charge in [-0.25, -0.2) is 9.97 Å². The van der Waals surface area contributed by atoms with Crippen molar-refractivity contribution in [3.63, 3.8) is 0 Å². The van der Waals surface area contributed by atoms with E-state index < -0.39 is 6.04 Å². The molecule has 1 aliphatic rings. The zero-order chi connectivity index (χ0) is 24.5. The third-order valence-electron chi connectivity index (χ3n) is 6.43. The van der Waals surface area contributed by atoms with Crippen LogP contribution in [0.3, 0.4) is 0 Å². The fourth-order valence-corrected chi connectivity index (χ4v) is 4.75. The van der Waals surface area contributed by atoms with Gasteiger partial charge in [0.2, 0.25) is 0 Å². The lowest BCUT2D eigenvalue weighted by molar-refractivity contribution is -0.115. The molecular formula is C25H27N7O3. The van der Waals surface area contributed by atoms with E-state index in [0.717, 1.165) is 43.3 Å². The molecule has 4 aromatic rings. The Kier molecular flexibility index (Phi) is 6.04. The molecule has 5 rings (SSSR count). The average molecular weight is 474 g/mol. The van der Waals surface area contributed by atoms with Gasteiger partial charge >= 0.3 is 0 Å². The predicted molar refractivity (Wildman–Crippen MR) is 133 cm³/mol. The number of carbonyl (C=O) groups is 2. The van der Waals surface area contributed by atoms with Crippen molar-refractivity contribution < 1.29 is 14.7 Å². The summed E-state index contributed by atoms with van der Waals surface area (Å²) in [4.78, 5) is 40.2. The monoisotopic (exact) mass is 473 g/mol. The number of likely N-dealkylation sites (tertiary alicyclic amines) is 1. The minimum Gasteiger partial charge on any atom is -0.508 e. The summed E-state index contributed by atoms with van der Waals surface area (Å²) in [6.07, 6.45) is 7.60. The highest BCUT2D eigenvalue weighted by Crippen LogP contribution is 2.33. The molecule has 0 spiro atoms. The summed E-state index contributed by atoms with van der Waals surface area (Å²) in [6, 6.07) is 6.16. The van der Waals surface area contributed by atoms with Crippen molar-refractivity contribution in [2.24, 2.45) is 0 Å². The summed E-state index contributed by atoms with van der Waals surface area (Å²) in [7, 11) is 0. The number of phenols is 1. The van der Waals surface area contributed by atoms with Gasteiger partial charge in [0, 0.05) is 17.3 Å². The highest BCUT2D eigenvalue weighted by atomic mass is 16.3. The van der Waals surface area contributed by atoms with E-state index in [-0.39, 0.29) is 29.7 Å². The van der Waals surface area contributed by atoms with Gasteiger partial charge in [-0.15, -0.1) is 0 Å². The first kappa shape index (κ1) is 22.7. The van der Waals surface area contributed by atoms with Crippen LogP contribution in [0.25, 0.3) is 33.3 Å². The first-order valence-electron chi connectivity index (χ1n) is 11.7. The number of ketones is 1. The van der Waals surface area contributed by atoms with Gasteiger partial charge in [0.15, 0.2) is 11.4 Å². The van der Waals surface area contributed by atoms with E-state index in [0.29, 0.717) is 22.4 Å². The second-order valence-corrected chi connectivity index (χ2v) is 8.79. The lowest BCUT2D eigenvalue weighted by Gasteiger charge is -2.32. The largest absolute Gasteiger partial charge is 0.508 e. The number of nitrogens with zero attached hydrogens (tertiary/aromatic N) is 5. The van der Waals surface area contributed by atoms with Crippen LogP contribution in [0, 0.1) is 0 Å². The van der Waals surface area contributed by atoms with Crippen molar-refractivity contribution >= 4 is 39.4 Å². The maximum Gasteiger partial charge on any atom is 0.266 e.